The van der Waals surface area contributed by atoms with E-state index in [2.05, 4.69) is 10.6 Å². The number of nitrogens with one attached hydrogen (secondary N) is 2. The molecule has 2 unspecified atom stereocenters. The van der Waals surface area contributed by atoms with Crippen LogP contribution in [0.1, 0.15) is 5.56 Å². The zero-order valence-corrected chi connectivity index (χ0v) is 10.8. The van der Waals surface area contributed by atoms with E-state index in [9.17, 15) is 27.9 Å². The third kappa shape index (κ3) is 3.15. The fraction of sp³-hybridized carbons (Fsp3) is 0.385. The topological polar surface area (TPSA) is 78.4 Å². The number of amides is 2. The van der Waals surface area contributed by atoms with Crippen molar-refractivity contribution in [2.45, 2.75) is 12.5 Å². The van der Waals surface area contributed by atoms with Gasteiger partial charge in [0.2, 0.25) is 11.8 Å². The first-order chi connectivity index (χ1) is 9.91. The molecular formula is C13H13F3N2O3. The normalized spacial score (nSPS) is 21.2. The first-order valence-electron chi connectivity index (χ1n) is 6.27. The maximum absolute atomic E-state index is 13.4. The lowest BCUT2D eigenvalue weighted by Crippen LogP contribution is -2.40. The number of aliphatic hydroxyl groups is 1. The largest absolute Gasteiger partial charge is 0.390 e. The van der Waals surface area contributed by atoms with Crippen LogP contribution in [0.5, 0.6) is 0 Å². The lowest BCUT2D eigenvalue weighted by atomic mass is 10.0. The number of carbonyl (C=O) groups excluding carboxylic acids is 2. The van der Waals surface area contributed by atoms with Crippen LogP contribution in [0, 0.1) is 23.4 Å². The van der Waals surface area contributed by atoms with Crippen molar-refractivity contribution in [2.24, 2.45) is 5.92 Å². The molecule has 0 aromatic heterocycles. The van der Waals surface area contributed by atoms with Crippen molar-refractivity contribution in [3.05, 3.63) is 35.1 Å². The molecule has 2 atom stereocenters. The summed E-state index contributed by atoms with van der Waals surface area (Å²) in [6.45, 7) is -0.0773. The molecule has 1 aromatic rings. The Labute approximate surface area is 118 Å². The Morgan fingerprint density at radius 1 is 1.33 bits per heavy atom. The molecule has 0 aliphatic carbocycles. The standard InChI is InChI=1S/C13H13F3N2O3/c14-7-2-1-6(10(15)11(7)16)3-4-17-12(20)9-8(19)5-18-13(9)21/h1-2,8-9,19H,3-5H2,(H,17,20)(H,18,21). The first-order valence-corrected chi connectivity index (χ1v) is 6.27. The van der Waals surface area contributed by atoms with E-state index in [1.807, 2.05) is 0 Å². The van der Waals surface area contributed by atoms with Crippen molar-refractivity contribution in [2.75, 3.05) is 13.1 Å². The van der Waals surface area contributed by atoms with Gasteiger partial charge < -0.3 is 15.7 Å². The number of carbonyl (C=O) groups is 2. The van der Waals surface area contributed by atoms with Gasteiger partial charge in [-0.2, -0.15) is 0 Å². The number of halogens is 3. The van der Waals surface area contributed by atoms with Crippen LogP contribution in [-0.2, 0) is 16.0 Å². The summed E-state index contributed by atoms with van der Waals surface area (Å²) in [5.41, 5.74) is -0.0920. The van der Waals surface area contributed by atoms with E-state index in [0.717, 1.165) is 12.1 Å². The second-order valence-corrected chi connectivity index (χ2v) is 4.67. The third-order valence-electron chi connectivity index (χ3n) is 3.24. The Morgan fingerprint density at radius 3 is 2.67 bits per heavy atom. The SMILES string of the molecule is O=C(NCCc1ccc(F)c(F)c1F)C1C(=O)NCC1O. The molecule has 1 aromatic carbocycles. The highest BCUT2D eigenvalue weighted by Crippen LogP contribution is 2.15. The molecule has 0 bridgehead atoms. The molecule has 0 radical (unpaired) electrons. The molecule has 3 N–H and O–H groups in total. The average molecular weight is 302 g/mol. The van der Waals surface area contributed by atoms with E-state index in [1.165, 1.54) is 0 Å². The van der Waals surface area contributed by atoms with Crippen molar-refractivity contribution in [3.63, 3.8) is 0 Å². The molecule has 114 valence electrons. The number of rotatable bonds is 4. The van der Waals surface area contributed by atoms with Crippen LogP contribution in [0.3, 0.4) is 0 Å². The Balaban J connectivity index is 1.91. The van der Waals surface area contributed by atoms with Crippen LogP contribution in [-0.4, -0.2) is 36.1 Å². The van der Waals surface area contributed by atoms with Crippen molar-refractivity contribution in [1.82, 2.24) is 10.6 Å². The second-order valence-electron chi connectivity index (χ2n) is 4.67. The Kier molecular flexibility index (Phi) is 4.46. The third-order valence-corrected chi connectivity index (χ3v) is 3.24. The van der Waals surface area contributed by atoms with E-state index in [-0.39, 0.29) is 25.1 Å². The molecule has 2 rings (SSSR count). The minimum atomic E-state index is -1.57. The first kappa shape index (κ1) is 15.3. The van der Waals surface area contributed by atoms with Gasteiger partial charge in [0.15, 0.2) is 17.5 Å². The van der Waals surface area contributed by atoms with Crippen molar-refractivity contribution in [3.8, 4) is 0 Å². The molecule has 1 heterocycles. The zero-order chi connectivity index (χ0) is 15.6. The highest BCUT2D eigenvalue weighted by Gasteiger charge is 2.38. The molecule has 1 aliphatic rings. The quantitative estimate of drug-likeness (QED) is 0.535. The minimum Gasteiger partial charge on any atom is -0.390 e. The molecule has 21 heavy (non-hydrogen) atoms. The van der Waals surface area contributed by atoms with Crippen LogP contribution >= 0.6 is 0 Å². The number of benzene rings is 1. The summed E-state index contributed by atoms with van der Waals surface area (Å²) in [6, 6.07) is 1.88. The summed E-state index contributed by atoms with van der Waals surface area (Å²) < 4.78 is 39.1. The summed E-state index contributed by atoms with van der Waals surface area (Å²) >= 11 is 0. The molecule has 1 fully saturated rings. The van der Waals surface area contributed by atoms with Crippen LogP contribution in [0.25, 0.3) is 0 Å². The monoisotopic (exact) mass is 302 g/mol. The van der Waals surface area contributed by atoms with Gasteiger partial charge in [-0.1, -0.05) is 6.07 Å². The lowest BCUT2D eigenvalue weighted by molar-refractivity contribution is -0.135. The van der Waals surface area contributed by atoms with Crippen molar-refractivity contribution in [1.29, 1.82) is 0 Å². The number of β-amino-alcohol motifs (C(OH)–C–C–N with tert-alkyl or cyclic N) is 1. The maximum atomic E-state index is 13.4. The van der Waals surface area contributed by atoms with E-state index >= 15 is 0 Å². The smallest absolute Gasteiger partial charge is 0.235 e. The second kappa shape index (κ2) is 6.13. The van der Waals surface area contributed by atoms with Crippen LogP contribution < -0.4 is 10.6 Å². The number of aliphatic hydroxyl groups excluding tert-OH is 1. The van der Waals surface area contributed by atoms with Gasteiger partial charge in [0.1, 0.15) is 5.92 Å². The summed E-state index contributed by atoms with van der Waals surface area (Å²) in [4.78, 5) is 23.0. The Morgan fingerprint density at radius 2 is 2.05 bits per heavy atom. The highest BCUT2D eigenvalue weighted by molar-refractivity contribution is 6.02. The van der Waals surface area contributed by atoms with Gasteiger partial charge in [-0.05, 0) is 18.1 Å². The van der Waals surface area contributed by atoms with E-state index in [0.29, 0.717) is 0 Å². The van der Waals surface area contributed by atoms with Gasteiger partial charge in [0, 0.05) is 13.1 Å². The Hall–Kier alpha value is -2.09. The minimum absolute atomic E-state index is 0.00524. The fourth-order valence-corrected chi connectivity index (χ4v) is 2.09. The molecule has 8 heteroatoms. The van der Waals surface area contributed by atoms with Crippen molar-refractivity contribution < 1.29 is 27.9 Å². The van der Waals surface area contributed by atoms with Gasteiger partial charge in [0.05, 0.1) is 6.10 Å². The van der Waals surface area contributed by atoms with E-state index in [4.69, 9.17) is 0 Å². The molecule has 5 nitrogen and oxygen atoms in total. The van der Waals surface area contributed by atoms with Crippen molar-refractivity contribution >= 4 is 11.8 Å². The maximum Gasteiger partial charge on any atom is 0.235 e. The van der Waals surface area contributed by atoms with Gasteiger partial charge in [-0.15, -0.1) is 0 Å². The zero-order valence-electron chi connectivity index (χ0n) is 10.8. The number of hydrogen-bond acceptors (Lipinski definition) is 3. The van der Waals surface area contributed by atoms with Gasteiger partial charge in [0.25, 0.3) is 0 Å². The summed E-state index contributed by atoms with van der Waals surface area (Å²) in [7, 11) is 0. The molecule has 0 spiro atoms. The van der Waals surface area contributed by atoms with Crippen LogP contribution in [0.4, 0.5) is 13.2 Å². The molecule has 0 saturated carbocycles. The Bertz CT molecular complexity index is 580. The number of hydrogen-bond donors (Lipinski definition) is 3. The predicted molar refractivity (Wildman–Crippen MR) is 65.5 cm³/mol. The lowest BCUT2D eigenvalue weighted by Gasteiger charge is -2.12. The van der Waals surface area contributed by atoms with E-state index in [1.54, 1.807) is 0 Å². The predicted octanol–water partition coefficient (Wildman–Crippen LogP) is -0.131. The molecule has 2 amide bonds. The molecular weight excluding hydrogens is 289 g/mol. The van der Waals surface area contributed by atoms with Gasteiger partial charge in [-0.25, -0.2) is 13.2 Å². The fourth-order valence-electron chi connectivity index (χ4n) is 2.09. The van der Waals surface area contributed by atoms with E-state index < -0.39 is 41.3 Å². The average Bonchev–Trinajstić information content (AvgIpc) is 2.78. The van der Waals surface area contributed by atoms with Gasteiger partial charge >= 0.3 is 0 Å². The summed E-state index contributed by atoms with van der Waals surface area (Å²) in [6.07, 6.45) is -1.18. The summed E-state index contributed by atoms with van der Waals surface area (Å²) in [5, 5.41) is 14.1. The van der Waals surface area contributed by atoms with Gasteiger partial charge in [-0.3, -0.25) is 9.59 Å². The van der Waals surface area contributed by atoms with Crippen LogP contribution in [0.2, 0.25) is 0 Å². The molecule has 1 aliphatic heterocycles. The van der Waals surface area contributed by atoms with Crippen LogP contribution in [0.15, 0.2) is 12.1 Å². The molecule has 1 saturated heterocycles. The summed E-state index contributed by atoms with van der Waals surface area (Å²) in [5.74, 6) is -6.64. The highest BCUT2D eigenvalue weighted by atomic mass is 19.2.